The predicted molar refractivity (Wildman–Crippen MR) is 84.7 cm³/mol. The molecule has 0 spiro atoms. The van der Waals surface area contributed by atoms with Gasteiger partial charge in [-0.2, -0.15) is 5.10 Å². The zero-order chi connectivity index (χ0) is 14.5. The summed E-state index contributed by atoms with van der Waals surface area (Å²) >= 11 is 1.68. The van der Waals surface area contributed by atoms with Gasteiger partial charge in [0, 0.05) is 16.5 Å². The van der Waals surface area contributed by atoms with Gasteiger partial charge in [-0.15, -0.1) is 11.3 Å². The van der Waals surface area contributed by atoms with Gasteiger partial charge in [-0.1, -0.05) is 0 Å². The summed E-state index contributed by atoms with van der Waals surface area (Å²) in [6.45, 7) is 0. The van der Waals surface area contributed by atoms with Crippen molar-refractivity contribution in [3.05, 3.63) is 51.6 Å². The minimum atomic E-state index is -0.128. The number of carbonyl (C=O) groups excluding carboxylic acids is 1. The zero-order valence-electron chi connectivity index (χ0n) is 11.5. The maximum Gasteiger partial charge on any atom is 0.272 e. The molecule has 0 fully saturated rings. The van der Waals surface area contributed by atoms with Crippen molar-refractivity contribution in [2.75, 3.05) is 0 Å². The second-order valence-electron chi connectivity index (χ2n) is 4.85. The van der Waals surface area contributed by atoms with E-state index in [1.54, 1.807) is 36.0 Å². The lowest BCUT2D eigenvalue weighted by Gasteiger charge is -2.11. The van der Waals surface area contributed by atoms with Crippen LogP contribution in [0.5, 0.6) is 0 Å². The first kappa shape index (κ1) is 13.8. The van der Waals surface area contributed by atoms with Crippen molar-refractivity contribution in [2.45, 2.75) is 25.7 Å². The van der Waals surface area contributed by atoms with Crippen LogP contribution in [0.1, 0.15) is 39.4 Å². The first-order chi connectivity index (χ1) is 10.3. The molecule has 0 unspecified atom stereocenters. The van der Waals surface area contributed by atoms with Gasteiger partial charge in [-0.25, -0.2) is 5.43 Å². The summed E-state index contributed by atoms with van der Waals surface area (Å²) in [5.41, 5.74) is 4.56. The van der Waals surface area contributed by atoms with Crippen LogP contribution in [0.25, 0.3) is 6.08 Å². The zero-order valence-corrected chi connectivity index (χ0v) is 12.4. The molecule has 1 N–H and O–H groups in total. The third-order valence-electron chi connectivity index (χ3n) is 3.44. The number of hydrogen-bond acceptors (Lipinski definition) is 4. The number of thiophene rings is 1. The summed E-state index contributed by atoms with van der Waals surface area (Å²) in [5, 5.41) is 5.87. The van der Waals surface area contributed by atoms with Crippen LogP contribution in [0.2, 0.25) is 0 Å². The molecule has 0 radical (unpaired) electrons. The number of hydrazone groups is 1. The molecule has 2 aromatic heterocycles. The van der Waals surface area contributed by atoms with Gasteiger partial charge < -0.3 is 4.42 Å². The monoisotopic (exact) mass is 300 g/mol. The Hall–Kier alpha value is -2.14. The molecule has 1 aliphatic rings. The largest absolute Gasteiger partial charge is 0.465 e. The molecule has 0 aliphatic heterocycles. The number of amides is 1. The maximum atomic E-state index is 12.1. The number of hydrogen-bond donors (Lipinski definition) is 1. The molecule has 108 valence electrons. The van der Waals surface area contributed by atoms with E-state index in [-0.39, 0.29) is 5.91 Å². The lowest BCUT2D eigenvalue weighted by atomic mass is 9.96. The summed E-state index contributed by atoms with van der Waals surface area (Å²) in [5.74, 6) is 0.622. The molecule has 0 bridgehead atoms. The molecule has 1 amide bonds. The Morgan fingerprint density at radius 3 is 3.14 bits per heavy atom. The standard InChI is InChI=1S/C16H16N2O2S/c19-16(14-11-21-15-8-2-1-7-13(14)15)18-17-9-3-5-12-6-4-10-20-12/h3-6,9-11H,1-2,7-8H2,(H,18,19)/b5-3-,17-9?. The first-order valence-electron chi connectivity index (χ1n) is 6.97. The molecule has 0 atom stereocenters. The first-order valence-corrected chi connectivity index (χ1v) is 7.85. The number of nitrogens with one attached hydrogen (secondary N) is 1. The van der Waals surface area contributed by atoms with E-state index < -0.39 is 0 Å². The fourth-order valence-electron chi connectivity index (χ4n) is 2.41. The van der Waals surface area contributed by atoms with Crippen molar-refractivity contribution in [3.8, 4) is 0 Å². The molecule has 21 heavy (non-hydrogen) atoms. The van der Waals surface area contributed by atoms with Crippen LogP contribution in [0, 0.1) is 0 Å². The van der Waals surface area contributed by atoms with Crippen LogP contribution >= 0.6 is 11.3 Å². The van der Waals surface area contributed by atoms with Crippen molar-refractivity contribution in [1.82, 2.24) is 5.43 Å². The lowest BCUT2D eigenvalue weighted by molar-refractivity contribution is 0.0954. The number of carbonyl (C=O) groups is 1. The third-order valence-corrected chi connectivity index (χ3v) is 4.52. The molecular formula is C16H16N2O2S. The fourth-order valence-corrected chi connectivity index (χ4v) is 3.53. The average Bonchev–Trinajstić information content (AvgIpc) is 3.16. The second kappa shape index (κ2) is 6.54. The minimum absolute atomic E-state index is 0.128. The Bertz CT molecular complexity index is 669. The number of rotatable bonds is 4. The van der Waals surface area contributed by atoms with Crippen molar-refractivity contribution in [3.63, 3.8) is 0 Å². The summed E-state index contributed by atoms with van der Waals surface area (Å²) in [6.07, 6.45) is 11.2. The van der Waals surface area contributed by atoms with Crippen molar-refractivity contribution in [1.29, 1.82) is 0 Å². The second-order valence-corrected chi connectivity index (χ2v) is 5.82. The Morgan fingerprint density at radius 1 is 1.38 bits per heavy atom. The topological polar surface area (TPSA) is 54.6 Å². The number of nitrogens with zero attached hydrogens (tertiary/aromatic N) is 1. The minimum Gasteiger partial charge on any atom is -0.465 e. The van der Waals surface area contributed by atoms with E-state index in [1.807, 2.05) is 17.5 Å². The molecule has 0 saturated heterocycles. The van der Waals surface area contributed by atoms with Crippen LogP contribution in [-0.4, -0.2) is 12.1 Å². The summed E-state index contributed by atoms with van der Waals surface area (Å²) in [6, 6.07) is 3.67. The van der Waals surface area contributed by atoms with Gasteiger partial charge in [0.25, 0.3) is 5.91 Å². The highest BCUT2D eigenvalue weighted by Gasteiger charge is 2.19. The van der Waals surface area contributed by atoms with Crippen molar-refractivity contribution >= 4 is 29.5 Å². The SMILES string of the molecule is O=C(NN=C/C=C\c1ccco1)c1csc2c1CCCC2. The molecule has 2 aromatic rings. The Kier molecular flexibility index (Phi) is 4.31. The van der Waals surface area contributed by atoms with Gasteiger partial charge in [0.2, 0.25) is 0 Å². The van der Waals surface area contributed by atoms with E-state index in [4.69, 9.17) is 4.42 Å². The number of allylic oxidation sites excluding steroid dienone is 1. The van der Waals surface area contributed by atoms with Gasteiger partial charge in [-0.3, -0.25) is 4.79 Å². The molecule has 5 heteroatoms. The van der Waals surface area contributed by atoms with Gasteiger partial charge in [0.05, 0.1) is 11.8 Å². The van der Waals surface area contributed by atoms with Gasteiger partial charge in [0.15, 0.2) is 0 Å². The summed E-state index contributed by atoms with van der Waals surface area (Å²) in [7, 11) is 0. The highest BCUT2D eigenvalue weighted by atomic mass is 32.1. The lowest BCUT2D eigenvalue weighted by Crippen LogP contribution is -2.19. The van der Waals surface area contributed by atoms with Crippen molar-refractivity contribution in [2.24, 2.45) is 5.10 Å². The quantitative estimate of drug-likeness (QED) is 0.692. The highest BCUT2D eigenvalue weighted by Crippen LogP contribution is 2.30. The van der Waals surface area contributed by atoms with Gasteiger partial charge >= 0.3 is 0 Å². The van der Waals surface area contributed by atoms with E-state index >= 15 is 0 Å². The number of fused-ring (bicyclic) bond motifs is 1. The van der Waals surface area contributed by atoms with Crippen LogP contribution < -0.4 is 5.43 Å². The highest BCUT2D eigenvalue weighted by molar-refractivity contribution is 7.10. The van der Waals surface area contributed by atoms with E-state index in [1.165, 1.54) is 23.3 Å². The third kappa shape index (κ3) is 3.31. The Morgan fingerprint density at radius 2 is 2.29 bits per heavy atom. The average molecular weight is 300 g/mol. The van der Waals surface area contributed by atoms with Crippen LogP contribution in [0.15, 0.2) is 39.4 Å². The van der Waals surface area contributed by atoms with Crippen LogP contribution in [-0.2, 0) is 12.8 Å². The number of furan rings is 1. The van der Waals surface area contributed by atoms with Gasteiger partial charge in [0.1, 0.15) is 5.76 Å². The maximum absolute atomic E-state index is 12.1. The molecule has 0 saturated carbocycles. The van der Waals surface area contributed by atoms with Gasteiger partial charge in [-0.05, 0) is 55.5 Å². The molecule has 2 heterocycles. The Labute approximate surface area is 127 Å². The molecule has 0 aromatic carbocycles. The van der Waals surface area contributed by atoms with Crippen LogP contribution in [0.4, 0.5) is 0 Å². The Balaban J connectivity index is 1.58. The van der Waals surface area contributed by atoms with E-state index in [0.29, 0.717) is 0 Å². The number of aryl methyl sites for hydroxylation is 1. The summed E-state index contributed by atoms with van der Waals surface area (Å²) < 4.78 is 5.15. The molecule has 3 rings (SSSR count). The molecule has 1 aliphatic carbocycles. The fraction of sp³-hybridized carbons (Fsp3) is 0.250. The predicted octanol–water partition coefficient (Wildman–Crippen LogP) is 3.65. The van der Waals surface area contributed by atoms with Crippen LogP contribution in [0.3, 0.4) is 0 Å². The smallest absolute Gasteiger partial charge is 0.272 e. The normalized spacial score (nSPS) is 14.7. The molecular weight excluding hydrogens is 284 g/mol. The van der Waals surface area contributed by atoms with E-state index in [2.05, 4.69) is 10.5 Å². The summed E-state index contributed by atoms with van der Waals surface area (Å²) in [4.78, 5) is 13.5. The van der Waals surface area contributed by atoms with Crippen molar-refractivity contribution < 1.29 is 9.21 Å². The molecule has 4 nitrogen and oxygen atoms in total. The van der Waals surface area contributed by atoms with E-state index in [0.717, 1.165) is 24.2 Å². The van der Waals surface area contributed by atoms with E-state index in [9.17, 15) is 4.79 Å².